The maximum Gasteiger partial charge on any atom is 0.334 e. The van der Waals surface area contributed by atoms with Gasteiger partial charge in [0.05, 0.1) is 46.9 Å². The topological polar surface area (TPSA) is 108 Å². The number of carbonyl (C=O) groups excluding carboxylic acids is 4. The molecule has 2 unspecified atom stereocenters. The minimum atomic E-state index is -1.16. The van der Waals surface area contributed by atoms with Gasteiger partial charge < -0.3 is 23.8 Å². The Morgan fingerprint density at radius 2 is 1.67 bits per heavy atom. The molecule has 164 valence electrons. The van der Waals surface area contributed by atoms with Crippen molar-refractivity contribution in [1.82, 2.24) is 4.90 Å². The summed E-state index contributed by atoms with van der Waals surface area (Å²) in [5, 5.41) is 0. The quantitative estimate of drug-likeness (QED) is 0.356. The molecule has 9 nitrogen and oxygen atoms in total. The molecule has 9 heteroatoms. The number of hydrogen-bond acceptors (Lipinski definition) is 9. The zero-order valence-electron chi connectivity index (χ0n) is 17.7. The van der Waals surface area contributed by atoms with Gasteiger partial charge in [0.1, 0.15) is 5.41 Å². The fourth-order valence-electron chi connectivity index (χ4n) is 5.17. The maximum atomic E-state index is 13.1. The van der Waals surface area contributed by atoms with Crippen molar-refractivity contribution in [1.29, 1.82) is 0 Å². The molecular weight excluding hydrogens is 394 g/mol. The van der Waals surface area contributed by atoms with E-state index in [1.54, 1.807) is 0 Å². The van der Waals surface area contributed by atoms with E-state index in [1.807, 2.05) is 0 Å². The van der Waals surface area contributed by atoms with Crippen molar-refractivity contribution in [3.8, 4) is 0 Å². The van der Waals surface area contributed by atoms with Crippen molar-refractivity contribution in [3.05, 3.63) is 22.4 Å². The SMILES string of the molecule is COC(=O)C/C(C(=O)OC)=C1/CCC2=C1N1CCCC1C2(CC(=O)OC)C(=O)OC. The van der Waals surface area contributed by atoms with Crippen molar-refractivity contribution in [2.45, 2.75) is 44.6 Å². The highest BCUT2D eigenvalue weighted by atomic mass is 16.5. The normalized spacial score (nSPS) is 26.1. The van der Waals surface area contributed by atoms with Crippen LogP contribution in [0.4, 0.5) is 0 Å². The third kappa shape index (κ3) is 3.26. The van der Waals surface area contributed by atoms with E-state index in [0.29, 0.717) is 31.4 Å². The van der Waals surface area contributed by atoms with Crippen LogP contribution in [0.2, 0.25) is 0 Å². The summed E-state index contributed by atoms with van der Waals surface area (Å²) >= 11 is 0. The van der Waals surface area contributed by atoms with Crippen LogP contribution in [0.1, 0.15) is 38.5 Å². The van der Waals surface area contributed by atoms with Gasteiger partial charge in [-0.1, -0.05) is 0 Å². The lowest BCUT2D eigenvalue weighted by molar-refractivity contribution is -0.159. The van der Waals surface area contributed by atoms with Crippen LogP contribution in [-0.2, 0) is 38.1 Å². The fourth-order valence-corrected chi connectivity index (χ4v) is 5.17. The summed E-state index contributed by atoms with van der Waals surface area (Å²) in [5.74, 6) is -2.14. The number of rotatable bonds is 6. The Kier molecular flexibility index (Phi) is 6.19. The lowest BCUT2D eigenvalue weighted by atomic mass is 9.71. The molecule has 30 heavy (non-hydrogen) atoms. The van der Waals surface area contributed by atoms with Crippen molar-refractivity contribution in [2.24, 2.45) is 5.41 Å². The average molecular weight is 421 g/mol. The molecule has 2 aliphatic heterocycles. The highest BCUT2D eigenvalue weighted by Crippen LogP contribution is 2.59. The van der Waals surface area contributed by atoms with E-state index in [4.69, 9.17) is 18.9 Å². The van der Waals surface area contributed by atoms with Gasteiger partial charge in [0.25, 0.3) is 0 Å². The van der Waals surface area contributed by atoms with Crippen molar-refractivity contribution < 1.29 is 38.1 Å². The second-order valence-corrected chi connectivity index (χ2v) is 7.60. The lowest BCUT2D eigenvalue weighted by Gasteiger charge is -2.35. The number of hydrogen-bond donors (Lipinski definition) is 0. The molecule has 0 aromatic rings. The fraction of sp³-hybridized carbons (Fsp3) is 0.619. The van der Waals surface area contributed by atoms with Crippen LogP contribution in [0.25, 0.3) is 0 Å². The van der Waals surface area contributed by atoms with Gasteiger partial charge in [0.2, 0.25) is 0 Å². The minimum Gasteiger partial charge on any atom is -0.469 e. The van der Waals surface area contributed by atoms with E-state index in [-0.39, 0.29) is 24.5 Å². The van der Waals surface area contributed by atoms with Gasteiger partial charge in [-0.2, -0.15) is 0 Å². The molecule has 0 bridgehead atoms. The molecule has 0 radical (unpaired) electrons. The van der Waals surface area contributed by atoms with Crippen LogP contribution in [-0.4, -0.2) is 69.8 Å². The van der Waals surface area contributed by atoms with Gasteiger partial charge in [-0.15, -0.1) is 0 Å². The molecule has 0 N–H and O–H groups in total. The van der Waals surface area contributed by atoms with Crippen LogP contribution in [0.5, 0.6) is 0 Å². The molecular formula is C21H27NO8. The summed E-state index contributed by atoms with van der Waals surface area (Å²) in [7, 11) is 5.11. The second kappa shape index (κ2) is 8.49. The molecule has 3 aliphatic rings. The van der Waals surface area contributed by atoms with Gasteiger partial charge in [-0.25, -0.2) is 4.79 Å². The van der Waals surface area contributed by atoms with Gasteiger partial charge in [-0.05, 0) is 36.8 Å². The largest absolute Gasteiger partial charge is 0.469 e. The van der Waals surface area contributed by atoms with Crippen molar-refractivity contribution in [2.75, 3.05) is 35.0 Å². The molecule has 0 amide bonds. The van der Waals surface area contributed by atoms with E-state index in [9.17, 15) is 19.2 Å². The van der Waals surface area contributed by atoms with Crippen molar-refractivity contribution in [3.63, 3.8) is 0 Å². The molecule has 0 aromatic carbocycles. The van der Waals surface area contributed by atoms with Gasteiger partial charge in [-0.3, -0.25) is 14.4 Å². The van der Waals surface area contributed by atoms with Gasteiger partial charge >= 0.3 is 23.9 Å². The number of carbonyl (C=O) groups is 4. The van der Waals surface area contributed by atoms with Gasteiger partial charge in [0, 0.05) is 18.3 Å². The summed E-state index contributed by atoms with van der Waals surface area (Å²) in [6.45, 7) is 0.680. The summed E-state index contributed by atoms with van der Waals surface area (Å²) < 4.78 is 19.7. The van der Waals surface area contributed by atoms with Crippen LogP contribution in [0, 0.1) is 5.41 Å². The summed E-state index contributed by atoms with van der Waals surface area (Å²) in [6.07, 6.45) is 2.11. The Morgan fingerprint density at radius 3 is 2.27 bits per heavy atom. The first-order valence-corrected chi connectivity index (χ1v) is 9.88. The number of esters is 4. The van der Waals surface area contributed by atoms with Crippen molar-refractivity contribution >= 4 is 23.9 Å². The predicted octanol–water partition coefficient (Wildman–Crippen LogP) is 1.27. The zero-order chi connectivity index (χ0) is 22.1. The van der Waals surface area contributed by atoms with Crippen LogP contribution in [0.3, 0.4) is 0 Å². The summed E-state index contributed by atoms with van der Waals surface area (Å²) in [4.78, 5) is 51.9. The first-order chi connectivity index (χ1) is 14.3. The third-order valence-electron chi connectivity index (χ3n) is 6.39. The number of nitrogens with zero attached hydrogens (tertiary/aromatic N) is 1. The standard InChI is InChI=1S/C21H27NO8/c1-27-16(23)10-13(19(25)29-3)12-7-8-14-18(12)22-9-5-6-15(22)21(14,20(26)30-4)11-17(24)28-2/h15H,5-11H2,1-4H3/b13-12+. The van der Waals surface area contributed by atoms with Crippen LogP contribution in [0.15, 0.2) is 22.4 Å². The Bertz CT molecular complexity index is 842. The van der Waals surface area contributed by atoms with E-state index in [2.05, 4.69) is 4.90 Å². The summed E-state index contributed by atoms with van der Waals surface area (Å²) in [5.41, 5.74) is 1.26. The Labute approximate surface area is 175 Å². The Balaban J connectivity index is 2.20. The predicted molar refractivity (Wildman–Crippen MR) is 103 cm³/mol. The molecule has 2 heterocycles. The monoisotopic (exact) mass is 421 g/mol. The number of fused-ring (bicyclic) bond motifs is 2. The molecule has 2 atom stereocenters. The van der Waals surface area contributed by atoms with Crippen LogP contribution < -0.4 is 0 Å². The molecule has 0 saturated carbocycles. The lowest BCUT2D eigenvalue weighted by Crippen LogP contribution is -2.47. The highest BCUT2D eigenvalue weighted by molar-refractivity contribution is 5.96. The number of methoxy groups -OCH3 is 4. The first kappa shape index (κ1) is 21.9. The van der Waals surface area contributed by atoms with E-state index >= 15 is 0 Å². The number of ether oxygens (including phenoxy) is 4. The zero-order valence-corrected chi connectivity index (χ0v) is 17.7. The molecule has 1 saturated heterocycles. The van der Waals surface area contributed by atoms with E-state index < -0.39 is 29.3 Å². The van der Waals surface area contributed by atoms with E-state index in [0.717, 1.165) is 17.7 Å². The molecule has 0 aromatic heterocycles. The Hall–Kier alpha value is -2.84. The average Bonchev–Trinajstić information content (AvgIpc) is 3.45. The molecule has 1 aliphatic carbocycles. The van der Waals surface area contributed by atoms with Gasteiger partial charge in [0.15, 0.2) is 0 Å². The second-order valence-electron chi connectivity index (χ2n) is 7.60. The molecule has 3 rings (SSSR count). The number of allylic oxidation sites excluding steroid dienone is 1. The smallest absolute Gasteiger partial charge is 0.334 e. The third-order valence-corrected chi connectivity index (χ3v) is 6.39. The molecule has 0 spiro atoms. The highest BCUT2D eigenvalue weighted by Gasteiger charge is 2.62. The summed E-state index contributed by atoms with van der Waals surface area (Å²) in [6, 6.07) is -0.263. The maximum absolute atomic E-state index is 13.1. The minimum absolute atomic E-state index is 0.131. The Morgan fingerprint density at radius 1 is 0.967 bits per heavy atom. The first-order valence-electron chi connectivity index (χ1n) is 9.88. The van der Waals surface area contributed by atoms with Crippen LogP contribution >= 0.6 is 0 Å². The van der Waals surface area contributed by atoms with E-state index in [1.165, 1.54) is 28.4 Å². The molecule has 1 fully saturated rings.